The Kier molecular flexibility index (Phi) is 10.5. The summed E-state index contributed by atoms with van der Waals surface area (Å²) in [5.41, 5.74) is 1.82. The summed E-state index contributed by atoms with van der Waals surface area (Å²) in [6.07, 6.45) is 8.99. The van der Waals surface area contributed by atoms with Gasteiger partial charge < -0.3 is 25.2 Å². The first-order valence-electron chi connectivity index (χ1n) is 19.3. The molecule has 3 N–H and O–H groups in total. The number of carbonyl (C=O) groups excluding carboxylic acids is 5. The van der Waals surface area contributed by atoms with Crippen molar-refractivity contribution in [3.8, 4) is 0 Å². The minimum Gasteiger partial charge on any atom is -0.444 e. The number of hydrogen-bond donors (Lipinski definition) is 3. The largest absolute Gasteiger partial charge is 0.444 e. The molecule has 3 saturated carbocycles. The number of urea groups is 1. The zero-order chi connectivity index (χ0) is 37.5. The van der Waals surface area contributed by atoms with Crippen LogP contribution in [0.2, 0.25) is 0 Å². The molecule has 14 nitrogen and oxygen atoms in total. The molecule has 1 aromatic carbocycles. The van der Waals surface area contributed by atoms with Crippen molar-refractivity contribution in [2.75, 3.05) is 20.1 Å². The van der Waals surface area contributed by atoms with Crippen LogP contribution in [0.5, 0.6) is 0 Å². The topological polar surface area (TPSA) is 175 Å². The van der Waals surface area contributed by atoms with E-state index >= 15 is 0 Å². The Balaban J connectivity index is 1.17. The van der Waals surface area contributed by atoms with Crippen molar-refractivity contribution < 1.29 is 37.1 Å². The first-order chi connectivity index (χ1) is 25.4. The van der Waals surface area contributed by atoms with E-state index < -0.39 is 68.7 Å². The highest BCUT2D eigenvalue weighted by Gasteiger charge is 2.62. The maximum atomic E-state index is 14.7. The zero-order valence-electron chi connectivity index (χ0n) is 30.5. The molecule has 3 heterocycles. The van der Waals surface area contributed by atoms with Crippen molar-refractivity contribution in [3.63, 3.8) is 0 Å². The maximum Gasteiger partial charge on any atom is 0.410 e. The molecule has 4 bridgehead atoms. The second-order valence-electron chi connectivity index (χ2n) is 15.9. The van der Waals surface area contributed by atoms with Crippen molar-refractivity contribution in [1.82, 2.24) is 30.1 Å². The third-order valence-electron chi connectivity index (χ3n) is 12.2. The fraction of sp³-hybridized carbons (Fsp3) is 0.658. The molecule has 53 heavy (non-hydrogen) atoms. The Morgan fingerprint density at radius 2 is 1.74 bits per heavy atom. The van der Waals surface area contributed by atoms with Crippen LogP contribution < -0.4 is 15.4 Å². The van der Waals surface area contributed by atoms with Gasteiger partial charge in [0.2, 0.25) is 21.8 Å². The highest BCUT2D eigenvalue weighted by atomic mass is 32.2. The number of amides is 6. The molecule has 15 heteroatoms. The van der Waals surface area contributed by atoms with E-state index in [1.807, 2.05) is 12.1 Å². The molecule has 5 atom stereocenters. The van der Waals surface area contributed by atoms with Crippen molar-refractivity contribution in [1.29, 1.82) is 0 Å². The van der Waals surface area contributed by atoms with Crippen LogP contribution in [0.4, 0.5) is 9.59 Å². The number of ether oxygens (including phenoxy) is 1. The molecular weight excluding hydrogens is 701 g/mol. The number of nitrogens with one attached hydrogen (secondary N) is 3. The molecule has 1 saturated heterocycles. The summed E-state index contributed by atoms with van der Waals surface area (Å²) < 4.78 is 33.6. The van der Waals surface area contributed by atoms with Gasteiger partial charge in [-0.1, -0.05) is 50.0 Å². The third-order valence-corrected chi connectivity index (χ3v) is 14.0. The van der Waals surface area contributed by atoms with E-state index in [4.69, 9.17) is 4.74 Å². The molecule has 1 aromatic rings. The van der Waals surface area contributed by atoms with Gasteiger partial charge in [0.25, 0.3) is 5.91 Å². The predicted octanol–water partition coefficient (Wildman–Crippen LogP) is 3.09. The lowest BCUT2D eigenvalue weighted by Crippen LogP contribution is -2.60. The standard InChI is InChI=1S/C38H52N6O8S/c1-3-27-20-38(27,35(47)41-53(50,51)29-16-17-29)40-33(45)31-19-28-22-44(31)34(46)32(25-12-6-4-7-13-25)39-36(48)42(2)18-9-5-8-11-24-14-10-15-26-21-43(23-30(24)26)37(49)52-28/h3,10,14-15,25,27-29,31-32H,1,4-9,11-13,16-23H2,2H3,(H,39,48)(H,40,45)(H,41,47)/t27-,28+,31-,32-,38+/m0/s1. The Morgan fingerprint density at radius 3 is 2.45 bits per heavy atom. The van der Waals surface area contributed by atoms with E-state index in [-0.39, 0.29) is 31.3 Å². The summed E-state index contributed by atoms with van der Waals surface area (Å²) >= 11 is 0. The summed E-state index contributed by atoms with van der Waals surface area (Å²) in [4.78, 5) is 74.5. The monoisotopic (exact) mass is 752 g/mol. The second-order valence-corrected chi connectivity index (χ2v) is 17.9. The lowest BCUT2D eigenvalue weighted by atomic mass is 9.83. The maximum absolute atomic E-state index is 14.7. The van der Waals surface area contributed by atoms with Gasteiger partial charge in [0.05, 0.1) is 11.8 Å². The predicted molar refractivity (Wildman–Crippen MR) is 194 cm³/mol. The van der Waals surface area contributed by atoms with E-state index in [1.54, 1.807) is 16.8 Å². The van der Waals surface area contributed by atoms with E-state index in [0.717, 1.165) is 68.9 Å². The van der Waals surface area contributed by atoms with Crippen LogP contribution in [0.3, 0.4) is 0 Å². The molecular formula is C38H52N6O8S. The molecule has 0 radical (unpaired) electrons. The molecule has 0 unspecified atom stereocenters. The van der Waals surface area contributed by atoms with Crippen molar-refractivity contribution in [2.24, 2.45) is 11.8 Å². The summed E-state index contributed by atoms with van der Waals surface area (Å²) in [5, 5.41) is 5.19. The van der Waals surface area contributed by atoms with Crippen LogP contribution >= 0.6 is 0 Å². The van der Waals surface area contributed by atoms with Gasteiger partial charge in [0, 0.05) is 39.0 Å². The fourth-order valence-electron chi connectivity index (χ4n) is 8.68. The minimum absolute atomic E-state index is 0.0303. The van der Waals surface area contributed by atoms with Crippen LogP contribution in [0.25, 0.3) is 0 Å². The third kappa shape index (κ3) is 7.76. The first kappa shape index (κ1) is 37.2. The van der Waals surface area contributed by atoms with Crippen LogP contribution in [0.1, 0.15) is 93.7 Å². The minimum atomic E-state index is -3.89. The number of aryl methyl sites for hydroxylation is 1. The Morgan fingerprint density at radius 1 is 1.00 bits per heavy atom. The highest BCUT2D eigenvalue weighted by Crippen LogP contribution is 2.45. The molecule has 7 rings (SSSR count). The van der Waals surface area contributed by atoms with E-state index in [9.17, 15) is 32.4 Å². The molecule has 6 aliphatic rings. The molecule has 0 aromatic heterocycles. The van der Waals surface area contributed by atoms with Crippen LogP contribution in [-0.4, -0.2) is 102 Å². The van der Waals surface area contributed by atoms with Gasteiger partial charge in [0.15, 0.2) is 0 Å². The second kappa shape index (κ2) is 14.9. The number of fused-ring (bicyclic) bond motifs is 3. The summed E-state index contributed by atoms with van der Waals surface area (Å²) in [5.74, 6) is -2.61. The van der Waals surface area contributed by atoms with Crippen LogP contribution in [-0.2, 0) is 48.7 Å². The number of rotatable bonds is 7. The summed E-state index contributed by atoms with van der Waals surface area (Å²) in [6.45, 7) is 5.02. The number of carbonyl (C=O) groups is 5. The van der Waals surface area contributed by atoms with E-state index in [1.165, 1.54) is 16.5 Å². The van der Waals surface area contributed by atoms with Gasteiger partial charge in [-0.05, 0) is 74.0 Å². The van der Waals surface area contributed by atoms with Crippen LogP contribution in [0, 0.1) is 11.8 Å². The highest BCUT2D eigenvalue weighted by molar-refractivity contribution is 7.91. The van der Waals surface area contributed by atoms with Gasteiger partial charge >= 0.3 is 12.1 Å². The average molecular weight is 753 g/mol. The Bertz CT molecular complexity index is 1760. The SMILES string of the molecule is C=C[C@H]1C[C@]1(NC(=O)[C@@H]1C[C@@H]2CN1C(=O)[C@H](C1CCCCC1)NC(=O)N(C)CCCCCc1cccc3c1CN(C3)C(=O)O2)C(=O)NS(=O)(=O)C1CC1. The van der Waals surface area contributed by atoms with Gasteiger partial charge in [-0.15, -0.1) is 6.58 Å². The number of nitrogens with zero attached hydrogens (tertiary/aromatic N) is 3. The summed E-state index contributed by atoms with van der Waals surface area (Å²) in [6, 6.07) is 3.69. The molecule has 3 aliphatic carbocycles. The van der Waals surface area contributed by atoms with Gasteiger partial charge in [-0.25, -0.2) is 18.0 Å². The van der Waals surface area contributed by atoms with Gasteiger partial charge in [-0.3, -0.25) is 24.0 Å². The first-order valence-corrected chi connectivity index (χ1v) is 20.8. The lowest BCUT2D eigenvalue weighted by molar-refractivity contribution is -0.142. The van der Waals surface area contributed by atoms with Gasteiger partial charge in [0.1, 0.15) is 23.7 Å². The zero-order valence-corrected chi connectivity index (χ0v) is 31.3. The normalized spacial score (nSPS) is 30.1. The van der Waals surface area contributed by atoms with Crippen molar-refractivity contribution in [3.05, 3.63) is 47.5 Å². The van der Waals surface area contributed by atoms with Crippen molar-refractivity contribution in [2.45, 2.75) is 126 Å². The number of hydrogen-bond acceptors (Lipinski definition) is 8. The van der Waals surface area contributed by atoms with Gasteiger partial charge in [-0.2, -0.15) is 0 Å². The molecule has 3 aliphatic heterocycles. The number of benzene rings is 1. The smallest absolute Gasteiger partial charge is 0.410 e. The quantitative estimate of drug-likeness (QED) is 0.357. The number of sulfonamides is 1. The fourth-order valence-corrected chi connectivity index (χ4v) is 10.0. The summed E-state index contributed by atoms with van der Waals surface area (Å²) in [7, 11) is -2.17. The molecule has 0 spiro atoms. The molecule has 6 amide bonds. The molecule has 288 valence electrons. The van der Waals surface area contributed by atoms with Crippen LogP contribution in [0.15, 0.2) is 30.9 Å². The van der Waals surface area contributed by atoms with Crippen molar-refractivity contribution >= 4 is 39.9 Å². The Hall–Kier alpha value is -4.14. The lowest BCUT2D eigenvalue weighted by Gasteiger charge is -2.35. The van der Waals surface area contributed by atoms with E-state index in [0.29, 0.717) is 32.5 Å². The van der Waals surface area contributed by atoms with E-state index in [2.05, 4.69) is 28.0 Å². The Labute approximate surface area is 311 Å². The average Bonchev–Trinajstić information content (AvgIpc) is 4.04. The molecule has 4 fully saturated rings.